The van der Waals surface area contributed by atoms with Gasteiger partial charge in [-0.3, -0.25) is 5.41 Å². The highest BCUT2D eigenvalue weighted by atomic mass is 15.2. The van der Waals surface area contributed by atoms with E-state index in [0.29, 0.717) is 11.4 Å². The molecule has 15 heavy (non-hydrogen) atoms. The molecule has 2 radical (unpaired) electrons. The van der Waals surface area contributed by atoms with Crippen LogP contribution in [0, 0.1) is 5.41 Å². The van der Waals surface area contributed by atoms with Gasteiger partial charge in [-0.05, 0) is 12.5 Å². The van der Waals surface area contributed by atoms with E-state index in [9.17, 15) is 0 Å². The molecule has 0 spiro atoms. The van der Waals surface area contributed by atoms with Crippen molar-refractivity contribution >= 4 is 19.3 Å². The van der Waals surface area contributed by atoms with Crippen LogP contribution >= 0.6 is 0 Å². The molecule has 6 heteroatoms. The van der Waals surface area contributed by atoms with Gasteiger partial charge in [-0.25, -0.2) is 9.98 Å². The number of rotatable bonds is 1. The van der Waals surface area contributed by atoms with Gasteiger partial charge < -0.3 is 9.88 Å². The topological polar surface area (TPSA) is 66.1 Å². The van der Waals surface area contributed by atoms with Crippen molar-refractivity contribution in [3.8, 4) is 0 Å². The smallest absolute Gasteiger partial charge is 0.187 e. The zero-order valence-corrected chi connectivity index (χ0v) is 8.83. The van der Waals surface area contributed by atoms with Gasteiger partial charge in [-0.1, -0.05) is 0 Å². The van der Waals surface area contributed by atoms with E-state index >= 15 is 0 Å². The minimum atomic E-state index is 0.118. The van der Waals surface area contributed by atoms with Crippen LogP contribution < -0.4 is 5.32 Å². The number of aromatic nitrogens is 2. The summed E-state index contributed by atoms with van der Waals surface area (Å²) >= 11 is 0. The van der Waals surface area contributed by atoms with E-state index in [-0.39, 0.29) is 5.84 Å². The zero-order chi connectivity index (χ0) is 11.0. The number of imidazole rings is 1. The Morgan fingerprint density at radius 1 is 1.60 bits per heavy atom. The molecule has 1 aromatic heterocycles. The molecule has 0 saturated carbocycles. The highest BCUT2D eigenvalue weighted by Crippen LogP contribution is 2.16. The Bertz CT molecular complexity index is 442. The number of nitrogens with one attached hydrogen (secondary N) is 2. The highest BCUT2D eigenvalue weighted by molar-refractivity contribution is 6.60. The predicted molar refractivity (Wildman–Crippen MR) is 59.4 cm³/mol. The van der Waals surface area contributed by atoms with Gasteiger partial charge in [0.05, 0.1) is 11.4 Å². The molecular formula is C9H12BN5. The van der Waals surface area contributed by atoms with Crippen LogP contribution in [-0.4, -0.2) is 28.8 Å². The van der Waals surface area contributed by atoms with Gasteiger partial charge in [0.1, 0.15) is 7.85 Å². The Balaban J connectivity index is 2.38. The molecule has 2 heterocycles. The number of hydrogen-bond acceptors (Lipinski definition) is 3. The Morgan fingerprint density at radius 3 is 2.93 bits per heavy atom. The summed E-state index contributed by atoms with van der Waals surface area (Å²) in [5.74, 6) is 0.693. The van der Waals surface area contributed by atoms with Crippen LogP contribution in [0.3, 0.4) is 0 Å². The fourth-order valence-electron chi connectivity index (χ4n) is 1.69. The van der Waals surface area contributed by atoms with Crippen molar-refractivity contribution < 1.29 is 0 Å². The number of amidine groups is 1. The highest BCUT2D eigenvalue weighted by Gasteiger charge is 2.20. The van der Waals surface area contributed by atoms with Crippen LogP contribution in [0.2, 0.25) is 0 Å². The number of fused-ring (bicyclic) bond motifs is 1. The number of hydrogen-bond donors (Lipinski definition) is 2. The van der Waals surface area contributed by atoms with Crippen molar-refractivity contribution in [1.29, 1.82) is 5.41 Å². The third-order valence-electron chi connectivity index (χ3n) is 2.38. The summed E-state index contributed by atoms with van der Waals surface area (Å²) in [6.45, 7) is 3.23. The molecule has 0 fully saturated rings. The third-order valence-corrected chi connectivity index (χ3v) is 2.38. The van der Waals surface area contributed by atoms with Crippen LogP contribution in [0.4, 0.5) is 0 Å². The van der Waals surface area contributed by atoms with Crippen LogP contribution in [-0.2, 0) is 20.1 Å². The molecular weight excluding hydrogens is 189 g/mol. The maximum Gasteiger partial charge on any atom is 0.187 e. The average molecular weight is 201 g/mol. The van der Waals surface area contributed by atoms with Crippen molar-refractivity contribution in [3.63, 3.8) is 0 Å². The molecule has 1 aliphatic rings. The molecule has 0 aromatic carbocycles. The summed E-state index contributed by atoms with van der Waals surface area (Å²) in [7, 11) is 7.32. The maximum atomic E-state index is 7.74. The molecule has 1 aromatic rings. The van der Waals surface area contributed by atoms with E-state index in [1.165, 1.54) is 0 Å². The van der Waals surface area contributed by atoms with Gasteiger partial charge in [0, 0.05) is 20.1 Å². The van der Waals surface area contributed by atoms with Crippen LogP contribution in [0.1, 0.15) is 24.1 Å². The molecule has 0 atom stereocenters. The van der Waals surface area contributed by atoms with Crippen LogP contribution in [0.5, 0.6) is 0 Å². The molecule has 0 aliphatic carbocycles. The van der Waals surface area contributed by atoms with Crippen molar-refractivity contribution in [2.75, 3.05) is 0 Å². The van der Waals surface area contributed by atoms with Crippen molar-refractivity contribution in [2.45, 2.75) is 20.0 Å². The molecule has 0 unspecified atom stereocenters. The minimum absolute atomic E-state index is 0.118. The van der Waals surface area contributed by atoms with Gasteiger partial charge in [-0.2, -0.15) is 0 Å². The molecule has 0 amide bonds. The van der Waals surface area contributed by atoms with Crippen LogP contribution in [0.15, 0.2) is 4.99 Å². The lowest BCUT2D eigenvalue weighted by Gasteiger charge is -2.03. The summed E-state index contributed by atoms with van der Waals surface area (Å²) in [6.07, 6.45) is 0. The predicted octanol–water partition coefficient (Wildman–Crippen LogP) is -0.0644. The Hall–Kier alpha value is -1.43. The van der Waals surface area contributed by atoms with E-state index in [0.717, 1.165) is 24.5 Å². The second-order valence-electron chi connectivity index (χ2n) is 3.59. The monoisotopic (exact) mass is 201 g/mol. The number of nitrogens with zero attached hydrogens (tertiary/aromatic N) is 3. The van der Waals surface area contributed by atoms with Gasteiger partial charge in [0.25, 0.3) is 0 Å². The largest absolute Gasteiger partial charge is 0.327 e. The van der Waals surface area contributed by atoms with Crippen molar-refractivity contribution in [3.05, 3.63) is 17.2 Å². The lowest BCUT2D eigenvalue weighted by atomic mass is 10.0. The average Bonchev–Trinajstić information content (AvgIpc) is 2.67. The molecule has 0 bridgehead atoms. The van der Waals surface area contributed by atoms with Gasteiger partial charge in [0.2, 0.25) is 0 Å². The Morgan fingerprint density at radius 2 is 2.33 bits per heavy atom. The first kappa shape index (κ1) is 10.1. The first-order valence-electron chi connectivity index (χ1n) is 4.74. The zero-order valence-electron chi connectivity index (χ0n) is 8.83. The summed E-state index contributed by atoms with van der Waals surface area (Å²) in [5.41, 5.74) is 2.50. The lowest BCUT2D eigenvalue weighted by molar-refractivity contribution is 0.708. The molecule has 2 rings (SSSR count). The van der Waals surface area contributed by atoms with Gasteiger partial charge >= 0.3 is 0 Å². The van der Waals surface area contributed by atoms with Crippen LogP contribution in [0.25, 0.3) is 0 Å². The minimum Gasteiger partial charge on any atom is -0.327 e. The lowest BCUT2D eigenvalue weighted by Crippen LogP contribution is -2.12. The van der Waals surface area contributed by atoms with E-state index in [2.05, 4.69) is 15.3 Å². The second kappa shape index (κ2) is 3.62. The Kier molecular flexibility index (Phi) is 2.44. The van der Waals surface area contributed by atoms with E-state index in [1.807, 2.05) is 11.6 Å². The van der Waals surface area contributed by atoms with E-state index < -0.39 is 0 Å². The number of aliphatic imine (C=N–C) groups is 1. The normalized spacial score (nSPS) is 15.5. The summed E-state index contributed by atoms with van der Waals surface area (Å²) in [6, 6.07) is 0. The summed E-state index contributed by atoms with van der Waals surface area (Å²) in [4.78, 5) is 8.25. The fraction of sp³-hybridized carbons (Fsp3) is 0.444. The van der Waals surface area contributed by atoms with Gasteiger partial charge in [-0.15, -0.1) is 0 Å². The third kappa shape index (κ3) is 1.72. The molecule has 5 nitrogen and oxygen atoms in total. The summed E-state index contributed by atoms with van der Waals surface area (Å²) in [5, 5.41) is 10.9. The van der Waals surface area contributed by atoms with E-state index in [1.54, 1.807) is 6.92 Å². The first-order chi connectivity index (χ1) is 7.09. The quantitative estimate of drug-likeness (QED) is 0.379. The molecule has 1 aliphatic heterocycles. The molecule has 2 N–H and O–H groups in total. The Labute approximate surface area is 89.5 Å². The standard InChI is InChI=1S/C9H12BN5/c1-5(10)13-8(11)9-14-6-3-12-4-7(6)15(9)2/h11-12H,3-4H2,1-2H3. The fourth-order valence-corrected chi connectivity index (χ4v) is 1.69. The first-order valence-corrected chi connectivity index (χ1v) is 4.74. The van der Waals surface area contributed by atoms with Crippen molar-refractivity contribution in [2.24, 2.45) is 12.0 Å². The molecule has 76 valence electrons. The van der Waals surface area contributed by atoms with E-state index in [4.69, 9.17) is 13.3 Å². The van der Waals surface area contributed by atoms with Gasteiger partial charge in [0.15, 0.2) is 11.7 Å². The SMILES string of the molecule is [B]C(C)=NC(=N)c1nc2c(n1C)CNC2. The molecule has 0 saturated heterocycles. The summed E-state index contributed by atoms with van der Waals surface area (Å²) < 4.78 is 1.89. The maximum absolute atomic E-state index is 7.74. The van der Waals surface area contributed by atoms with Crippen molar-refractivity contribution in [1.82, 2.24) is 14.9 Å². The second-order valence-corrected chi connectivity index (χ2v) is 3.59.